The van der Waals surface area contributed by atoms with E-state index in [4.69, 9.17) is 15.5 Å². The number of nitrogens with two attached hydrogens (primary N) is 1. The molecule has 4 aliphatic rings. The molecule has 44 heavy (non-hydrogen) atoms. The van der Waals surface area contributed by atoms with Crippen LogP contribution >= 0.6 is 11.3 Å². The van der Waals surface area contributed by atoms with E-state index in [0.29, 0.717) is 31.7 Å². The number of aromatic nitrogens is 2. The molecule has 3 unspecified atom stereocenters. The number of benzene rings is 2. The van der Waals surface area contributed by atoms with Gasteiger partial charge in [0.1, 0.15) is 40.2 Å². The van der Waals surface area contributed by atoms with E-state index in [1.165, 1.54) is 12.1 Å². The Morgan fingerprint density at radius 3 is 2.70 bits per heavy atom. The second-order valence-electron chi connectivity index (χ2n) is 12.8. The minimum atomic E-state index is -0.963. The van der Waals surface area contributed by atoms with Crippen molar-refractivity contribution in [3.05, 3.63) is 41.2 Å². The molecular weight excluding hydrogens is 592 g/mol. The molecule has 12 heteroatoms. The van der Waals surface area contributed by atoms with E-state index in [1.54, 1.807) is 0 Å². The molecule has 2 aromatic heterocycles. The van der Waals surface area contributed by atoms with Crippen molar-refractivity contribution in [2.75, 3.05) is 30.3 Å². The van der Waals surface area contributed by atoms with Crippen LogP contribution in [-0.2, 0) is 0 Å². The molecule has 2 saturated heterocycles. The molecule has 0 radical (unpaired) electrons. The van der Waals surface area contributed by atoms with Crippen molar-refractivity contribution in [1.29, 1.82) is 5.26 Å². The lowest BCUT2D eigenvalue weighted by Crippen LogP contribution is -2.51. The summed E-state index contributed by atoms with van der Waals surface area (Å²) in [5, 5.41) is 13.7. The van der Waals surface area contributed by atoms with Gasteiger partial charge in [0.2, 0.25) is 0 Å². The molecule has 4 fully saturated rings. The van der Waals surface area contributed by atoms with Crippen molar-refractivity contribution in [2.45, 2.75) is 63.2 Å². The van der Waals surface area contributed by atoms with Crippen LogP contribution in [0.2, 0.25) is 0 Å². The molecule has 5 atom stereocenters. The SMILES string of the molecule is N#Cc1c(N)sc2c(F)ccc(-c3c(F)cc4c(N5CC6CCC(C5)N6)nc(OC[C@@]56CCCC5C[C@H](F)C6)nc4c3F)c12. The second kappa shape index (κ2) is 10.2. The maximum Gasteiger partial charge on any atom is 0.319 e. The van der Waals surface area contributed by atoms with E-state index in [2.05, 4.69) is 10.3 Å². The zero-order valence-electron chi connectivity index (χ0n) is 23.8. The topological polar surface area (TPSA) is 100 Å². The fraction of sp³-hybridized carbons (Fsp3) is 0.469. The summed E-state index contributed by atoms with van der Waals surface area (Å²) in [6, 6.07) is 5.97. The van der Waals surface area contributed by atoms with Crippen molar-refractivity contribution in [2.24, 2.45) is 11.3 Å². The third-order valence-electron chi connectivity index (χ3n) is 10.3. The third-order valence-corrected chi connectivity index (χ3v) is 11.3. The van der Waals surface area contributed by atoms with Crippen molar-refractivity contribution in [3.8, 4) is 23.2 Å². The van der Waals surface area contributed by atoms with E-state index >= 15 is 8.78 Å². The zero-order valence-corrected chi connectivity index (χ0v) is 24.6. The first-order valence-corrected chi connectivity index (χ1v) is 15.9. The molecular formula is C32H30F4N6OS. The van der Waals surface area contributed by atoms with E-state index in [1.807, 2.05) is 11.0 Å². The number of thiophene rings is 1. The highest BCUT2D eigenvalue weighted by atomic mass is 32.1. The number of nitriles is 1. The highest BCUT2D eigenvalue weighted by molar-refractivity contribution is 7.23. The van der Waals surface area contributed by atoms with Crippen molar-refractivity contribution in [1.82, 2.24) is 15.3 Å². The molecule has 2 aliphatic heterocycles. The van der Waals surface area contributed by atoms with Crippen LogP contribution in [0.25, 0.3) is 32.1 Å². The van der Waals surface area contributed by atoms with Crippen LogP contribution < -0.4 is 20.7 Å². The van der Waals surface area contributed by atoms with Gasteiger partial charge in [0.05, 0.1) is 22.4 Å². The average molecular weight is 623 g/mol. The van der Waals surface area contributed by atoms with Crippen LogP contribution in [0.1, 0.15) is 50.5 Å². The summed E-state index contributed by atoms with van der Waals surface area (Å²) in [4.78, 5) is 11.2. The predicted octanol–water partition coefficient (Wildman–Crippen LogP) is 6.62. The van der Waals surface area contributed by atoms with Gasteiger partial charge >= 0.3 is 6.01 Å². The number of piperazine rings is 1. The Bertz CT molecular complexity index is 1860. The van der Waals surface area contributed by atoms with Gasteiger partial charge in [-0.1, -0.05) is 12.5 Å². The number of fused-ring (bicyclic) bond motifs is 5. The maximum atomic E-state index is 16.7. The molecule has 228 valence electrons. The summed E-state index contributed by atoms with van der Waals surface area (Å²) >= 11 is 0.860. The van der Waals surface area contributed by atoms with Gasteiger partial charge in [-0.25, -0.2) is 17.6 Å². The quantitative estimate of drug-likeness (QED) is 0.241. The van der Waals surface area contributed by atoms with Gasteiger partial charge in [-0.15, -0.1) is 11.3 Å². The normalized spacial score (nSPS) is 27.8. The molecule has 2 aromatic carbocycles. The Balaban J connectivity index is 1.29. The molecule has 2 bridgehead atoms. The average Bonchev–Trinajstić information content (AvgIpc) is 3.73. The van der Waals surface area contributed by atoms with Gasteiger partial charge < -0.3 is 20.7 Å². The van der Waals surface area contributed by atoms with Gasteiger partial charge in [0, 0.05) is 41.4 Å². The first-order valence-electron chi connectivity index (χ1n) is 15.1. The molecule has 2 saturated carbocycles. The lowest BCUT2D eigenvalue weighted by molar-refractivity contribution is 0.110. The van der Waals surface area contributed by atoms with Crippen molar-refractivity contribution in [3.63, 3.8) is 0 Å². The van der Waals surface area contributed by atoms with Crippen LogP contribution in [0, 0.1) is 40.1 Å². The third kappa shape index (κ3) is 4.23. The Morgan fingerprint density at radius 2 is 1.93 bits per heavy atom. The number of hydrogen-bond donors (Lipinski definition) is 2. The molecule has 4 heterocycles. The van der Waals surface area contributed by atoms with Crippen molar-refractivity contribution < 1.29 is 22.3 Å². The highest BCUT2D eigenvalue weighted by Crippen LogP contribution is 2.55. The first kappa shape index (κ1) is 27.8. The maximum absolute atomic E-state index is 16.7. The molecule has 2 aliphatic carbocycles. The minimum Gasteiger partial charge on any atom is -0.463 e. The molecule has 7 nitrogen and oxygen atoms in total. The first-order chi connectivity index (χ1) is 21.2. The van der Waals surface area contributed by atoms with Crippen LogP contribution in [0.3, 0.4) is 0 Å². The number of nitrogen functional groups attached to an aromatic ring is 1. The number of ether oxygens (including phenoxy) is 1. The van der Waals surface area contributed by atoms with Crippen LogP contribution in [0.4, 0.5) is 28.4 Å². The van der Waals surface area contributed by atoms with E-state index in [0.717, 1.165) is 49.5 Å². The van der Waals surface area contributed by atoms with Gasteiger partial charge in [0.15, 0.2) is 5.82 Å². The van der Waals surface area contributed by atoms with E-state index in [-0.39, 0.29) is 73.2 Å². The summed E-state index contributed by atoms with van der Waals surface area (Å²) in [6.45, 7) is 1.45. The van der Waals surface area contributed by atoms with E-state index < -0.39 is 29.2 Å². The highest BCUT2D eigenvalue weighted by Gasteiger charge is 2.51. The summed E-state index contributed by atoms with van der Waals surface area (Å²) in [5.41, 5.74) is 5.11. The van der Waals surface area contributed by atoms with Crippen molar-refractivity contribution >= 4 is 43.1 Å². The lowest BCUT2D eigenvalue weighted by atomic mass is 9.81. The summed E-state index contributed by atoms with van der Waals surface area (Å²) < 4.78 is 68.3. The largest absolute Gasteiger partial charge is 0.463 e. The van der Waals surface area contributed by atoms with Gasteiger partial charge in [0.25, 0.3) is 0 Å². The summed E-state index contributed by atoms with van der Waals surface area (Å²) in [6.07, 6.45) is 4.91. The Morgan fingerprint density at radius 1 is 1.14 bits per heavy atom. The van der Waals surface area contributed by atoms with E-state index in [9.17, 15) is 14.0 Å². The number of halogens is 4. The van der Waals surface area contributed by atoms with Crippen LogP contribution in [-0.4, -0.2) is 47.9 Å². The summed E-state index contributed by atoms with van der Waals surface area (Å²) in [5.74, 6) is -1.88. The Kier molecular flexibility index (Phi) is 6.43. The molecule has 3 N–H and O–H groups in total. The smallest absolute Gasteiger partial charge is 0.319 e. The number of hydrogen-bond acceptors (Lipinski definition) is 8. The number of nitrogens with one attached hydrogen (secondary N) is 1. The van der Waals surface area contributed by atoms with Gasteiger partial charge in [-0.3, -0.25) is 0 Å². The number of nitrogens with zero attached hydrogens (tertiary/aromatic N) is 4. The van der Waals surface area contributed by atoms with Gasteiger partial charge in [-0.2, -0.15) is 15.2 Å². The van der Waals surface area contributed by atoms with Crippen LogP contribution in [0.15, 0.2) is 18.2 Å². The van der Waals surface area contributed by atoms with Crippen LogP contribution in [0.5, 0.6) is 6.01 Å². The van der Waals surface area contributed by atoms with Gasteiger partial charge in [-0.05, 0) is 62.1 Å². The zero-order chi connectivity index (χ0) is 30.3. The Hall–Kier alpha value is -3.69. The number of rotatable bonds is 5. The fourth-order valence-electron chi connectivity index (χ4n) is 8.33. The Labute approximate surface area is 255 Å². The predicted molar refractivity (Wildman–Crippen MR) is 161 cm³/mol. The molecule has 0 amide bonds. The number of anilines is 2. The molecule has 4 aromatic rings. The standard InChI is InChI=1S/C32H30F4N6OS/c33-16-8-15-2-1-7-32(15,10-16)14-43-31-40-27-20(30(41-31)42-12-17-3-4-18(13-42)39-17)9-23(35)25(26(27)36)19-5-6-22(34)28-24(19)21(11-37)29(38)44-28/h5-6,9,15-18,39H,1-4,7-8,10,12-14,38H2/t15?,16-,17?,18?,32-/m0/s1. The molecule has 0 spiro atoms. The lowest BCUT2D eigenvalue weighted by Gasteiger charge is -2.34. The molecule has 8 rings (SSSR count). The summed E-state index contributed by atoms with van der Waals surface area (Å²) in [7, 11) is 0. The number of alkyl halides is 1. The fourth-order valence-corrected chi connectivity index (χ4v) is 9.28. The minimum absolute atomic E-state index is 0.0123. The second-order valence-corrected chi connectivity index (χ2v) is 13.9. The monoisotopic (exact) mass is 622 g/mol.